The van der Waals surface area contributed by atoms with Crippen molar-refractivity contribution >= 4 is 35.1 Å². The molecule has 2 N–H and O–H groups in total. The van der Waals surface area contributed by atoms with E-state index in [4.69, 9.17) is 4.74 Å². The largest absolute Gasteiger partial charge is 0.497 e. The van der Waals surface area contributed by atoms with Gasteiger partial charge >= 0.3 is 0 Å². The Morgan fingerprint density at radius 1 is 1.27 bits per heavy atom. The molecule has 7 nitrogen and oxygen atoms in total. The number of rotatable bonds is 5. The molecule has 2 aromatic carbocycles. The Labute approximate surface area is 178 Å². The van der Waals surface area contributed by atoms with Crippen LogP contribution in [0.1, 0.15) is 18.0 Å². The molecule has 2 amide bonds. The van der Waals surface area contributed by atoms with Gasteiger partial charge in [0, 0.05) is 21.7 Å². The summed E-state index contributed by atoms with van der Waals surface area (Å²) in [6.07, 6.45) is 2.01. The zero-order valence-electron chi connectivity index (χ0n) is 16.9. The molecule has 1 atom stereocenters. The molecule has 0 fully saturated rings. The van der Waals surface area contributed by atoms with Gasteiger partial charge in [-0.15, -0.1) is 11.8 Å². The SMILES string of the molecule is COc1ccc(-c2nn3c(c2C)NC(=O)C[C@@H]3C(=O)Nc2cccc(SC)c2)cc1. The van der Waals surface area contributed by atoms with Crippen LogP contribution in [0.4, 0.5) is 11.5 Å². The number of methoxy groups -OCH3 is 1. The molecule has 1 aliphatic rings. The van der Waals surface area contributed by atoms with Gasteiger partial charge < -0.3 is 15.4 Å². The molecule has 2 heterocycles. The summed E-state index contributed by atoms with van der Waals surface area (Å²) < 4.78 is 6.83. The second-order valence-electron chi connectivity index (χ2n) is 6.98. The lowest BCUT2D eigenvalue weighted by atomic mass is 10.1. The summed E-state index contributed by atoms with van der Waals surface area (Å²) in [5.41, 5.74) is 3.11. The monoisotopic (exact) mass is 422 g/mol. The van der Waals surface area contributed by atoms with Crippen LogP contribution < -0.4 is 15.4 Å². The number of fused-ring (bicyclic) bond motifs is 1. The van der Waals surface area contributed by atoms with Crippen LogP contribution in [0.3, 0.4) is 0 Å². The lowest BCUT2D eigenvalue weighted by Crippen LogP contribution is -2.35. The molecule has 0 saturated heterocycles. The molecule has 1 aromatic heterocycles. The van der Waals surface area contributed by atoms with E-state index in [1.54, 1.807) is 23.6 Å². The second kappa shape index (κ2) is 8.23. The number of aromatic nitrogens is 2. The predicted molar refractivity (Wildman–Crippen MR) is 118 cm³/mol. The number of ether oxygens (including phenoxy) is 1. The Morgan fingerprint density at radius 3 is 2.73 bits per heavy atom. The highest BCUT2D eigenvalue weighted by atomic mass is 32.2. The summed E-state index contributed by atoms with van der Waals surface area (Å²) in [5.74, 6) is 0.825. The number of carbonyl (C=O) groups is 2. The van der Waals surface area contributed by atoms with Gasteiger partial charge in [-0.05, 0) is 55.6 Å². The topological polar surface area (TPSA) is 85.2 Å². The fraction of sp³-hybridized carbons (Fsp3) is 0.227. The van der Waals surface area contributed by atoms with Gasteiger partial charge in [-0.25, -0.2) is 4.68 Å². The highest BCUT2D eigenvalue weighted by molar-refractivity contribution is 7.98. The van der Waals surface area contributed by atoms with Crippen LogP contribution >= 0.6 is 11.8 Å². The second-order valence-corrected chi connectivity index (χ2v) is 7.86. The first-order chi connectivity index (χ1) is 14.5. The van der Waals surface area contributed by atoms with Crippen molar-refractivity contribution in [2.75, 3.05) is 24.0 Å². The van der Waals surface area contributed by atoms with Gasteiger partial charge in [0.05, 0.1) is 19.2 Å². The van der Waals surface area contributed by atoms with Crippen molar-refractivity contribution in [1.29, 1.82) is 0 Å². The fourth-order valence-corrected chi connectivity index (χ4v) is 3.95. The van der Waals surface area contributed by atoms with E-state index in [1.807, 2.05) is 61.7 Å². The van der Waals surface area contributed by atoms with Gasteiger partial charge in [0.1, 0.15) is 17.6 Å². The number of nitrogens with zero attached hydrogens (tertiary/aromatic N) is 2. The quantitative estimate of drug-likeness (QED) is 0.605. The maximum Gasteiger partial charge on any atom is 0.249 e. The number of hydrogen-bond acceptors (Lipinski definition) is 5. The van der Waals surface area contributed by atoms with E-state index in [1.165, 1.54) is 0 Å². The van der Waals surface area contributed by atoms with Crippen LogP contribution in [0.25, 0.3) is 11.3 Å². The lowest BCUT2D eigenvalue weighted by Gasteiger charge is -2.24. The number of anilines is 2. The van der Waals surface area contributed by atoms with Crippen LogP contribution in [0, 0.1) is 6.92 Å². The molecule has 0 spiro atoms. The van der Waals surface area contributed by atoms with Gasteiger partial charge in [-0.3, -0.25) is 9.59 Å². The van der Waals surface area contributed by atoms with Crippen molar-refractivity contribution in [3.8, 4) is 17.0 Å². The summed E-state index contributed by atoms with van der Waals surface area (Å²) >= 11 is 1.60. The number of amides is 2. The van der Waals surface area contributed by atoms with Gasteiger partial charge in [0.15, 0.2) is 0 Å². The molecular formula is C22H22N4O3S. The van der Waals surface area contributed by atoms with Gasteiger partial charge in [0.2, 0.25) is 11.8 Å². The van der Waals surface area contributed by atoms with E-state index in [-0.39, 0.29) is 18.2 Å². The Morgan fingerprint density at radius 2 is 2.03 bits per heavy atom. The van der Waals surface area contributed by atoms with Crippen molar-refractivity contribution in [1.82, 2.24) is 9.78 Å². The Hall–Kier alpha value is -3.26. The molecule has 3 aromatic rings. The first kappa shape index (κ1) is 20.0. The van der Waals surface area contributed by atoms with Crippen molar-refractivity contribution in [2.24, 2.45) is 0 Å². The summed E-state index contributed by atoms with van der Waals surface area (Å²) in [6, 6.07) is 14.4. The molecule has 8 heteroatoms. The summed E-state index contributed by atoms with van der Waals surface area (Å²) in [4.78, 5) is 26.4. The first-order valence-electron chi connectivity index (χ1n) is 9.48. The molecule has 154 valence electrons. The van der Waals surface area contributed by atoms with Crippen LogP contribution in [0.2, 0.25) is 0 Å². The third kappa shape index (κ3) is 3.78. The standard InChI is InChI=1S/C22H22N4O3S/c1-13-20(14-7-9-16(29-2)10-8-14)25-26-18(12-19(27)24-21(13)26)22(28)23-15-5-4-6-17(11-15)30-3/h4-11,18H,12H2,1-3H3,(H,23,28)(H,24,27)/t18-/m1/s1. The smallest absolute Gasteiger partial charge is 0.249 e. The minimum Gasteiger partial charge on any atom is -0.497 e. The Bertz CT molecular complexity index is 1110. The summed E-state index contributed by atoms with van der Waals surface area (Å²) in [7, 11) is 1.61. The van der Waals surface area contributed by atoms with E-state index < -0.39 is 6.04 Å². The zero-order valence-corrected chi connectivity index (χ0v) is 17.7. The first-order valence-corrected chi connectivity index (χ1v) is 10.7. The number of nitrogens with one attached hydrogen (secondary N) is 2. The molecule has 30 heavy (non-hydrogen) atoms. The molecule has 0 saturated carbocycles. The highest BCUT2D eigenvalue weighted by Crippen LogP contribution is 2.35. The third-order valence-electron chi connectivity index (χ3n) is 5.08. The number of thioether (sulfide) groups is 1. The molecule has 0 unspecified atom stereocenters. The minimum atomic E-state index is -0.725. The van der Waals surface area contributed by atoms with Crippen molar-refractivity contribution in [3.63, 3.8) is 0 Å². The average Bonchev–Trinajstić information content (AvgIpc) is 3.09. The van der Waals surface area contributed by atoms with Gasteiger partial charge in [-0.2, -0.15) is 5.10 Å². The van der Waals surface area contributed by atoms with Crippen LogP contribution in [-0.2, 0) is 9.59 Å². The number of hydrogen-bond donors (Lipinski definition) is 2. The fourth-order valence-electron chi connectivity index (χ4n) is 3.49. The lowest BCUT2D eigenvalue weighted by molar-refractivity contribution is -0.125. The Balaban J connectivity index is 1.67. The van der Waals surface area contributed by atoms with Gasteiger partial charge in [0.25, 0.3) is 0 Å². The van der Waals surface area contributed by atoms with Crippen LogP contribution in [0.15, 0.2) is 53.4 Å². The van der Waals surface area contributed by atoms with E-state index in [9.17, 15) is 9.59 Å². The minimum absolute atomic E-state index is 0.0320. The molecule has 4 rings (SSSR count). The van der Waals surface area contributed by atoms with Crippen molar-refractivity contribution < 1.29 is 14.3 Å². The molecule has 1 aliphatic heterocycles. The van der Waals surface area contributed by atoms with E-state index in [0.29, 0.717) is 11.5 Å². The van der Waals surface area contributed by atoms with Crippen LogP contribution in [0.5, 0.6) is 5.75 Å². The van der Waals surface area contributed by atoms with E-state index >= 15 is 0 Å². The van der Waals surface area contributed by atoms with E-state index in [2.05, 4.69) is 15.7 Å². The summed E-state index contributed by atoms with van der Waals surface area (Å²) in [6.45, 7) is 1.89. The van der Waals surface area contributed by atoms with Crippen molar-refractivity contribution in [3.05, 3.63) is 54.1 Å². The Kier molecular flexibility index (Phi) is 5.50. The molecule has 0 aliphatic carbocycles. The third-order valence-corrected chi connectivity index (χ3v) is 5.81. The number of carbonyl (C=O) groups excluding carboxylic acids is 2. The molecule has 0 radical (unpaired) electrons. The maximum atomic E-state index is 13.0. The molecule has 0 bridgehead atoms. The van der Waals surface area contributed by atoms with Crippen molar-refractivity contribution in [2.45, 2.75) is 24.3 Å². The average molecular weight is 423 g/mol. The zero-order chi connectivity index (χ0) is 21.3. The number of benzene rings is 2. The van der Waals surface area contributed by atoms with E-state index in [0.717, 1.165) is 27.5 Å². The van der Waals surface area contributed by atoms with Crippen LogP contribution in [-0.4, -0.2) is 35.0 Å². The predicted octanol–water partition coefficient (Wildman–Crippen LogP) is 4.11. The highest BCUT2D eigenvalue weighted by Gasteiger charge is 2.34. The van der Waals surface area contributed by atoms with Gasteiger partial charge in [-0.1, -0.05) is 6.07 Å². The maximum absolute atomic E-state index is 13.0. The normalized spacial score (nSPS) is 15.3. The summed E-state index contributed by atoms with van der Waals surface area (Å²) in [5, 5.41) is 10.5. The molecular weight excluding hydrogens is 400 g/mol.